The highest BCUT2D eigenvalue weighted by Gasteiger charge is 2.09. The molecule has 3 rings (SSSR count). The summed E-state index contributed by atoms with van der Waals surface area (Å²) in [5, 5.41) is 6.00. The first-order chi connectivity index (χ1) is 11.0. The fraction of sp³-hybridized carbons (Fsp3) is 0.111. The molecule has 0 fully saturated rings. The second kappa shape index (κ2) is 6.64. The second-order valence-corrected chi connectivity index (χ2v) is 7.22. The van der Waals surface area contributed by atoms with Gasteiger partial charge in [0.15, 0.2) is 0 Å². The largest absolute Gasteiger partial charge is 0.322 e. The molecule has 1 heterocycles. The van der Waals surface area contributed by atoms with Crippen molar-refractivity contribution in [2.24, 2.45) is 0 Å². The van der Waals surface area contributed by atoms with E-state index in [1.807, 2.05) is 61.7 Å². The van der Waals surface area contributed by atoms with Crippen molar-refractivity contribution < 1.29 is 4.79 Å². The van der Waals surface area contributed by atoms with Gasteiger partial charge in [0.05, 0.1) is 10.7 Å². The molecule has 0 spiro atoms. The van der Waals surface area contributed by atoms with Crippen molar-refractivity contribution in [2.45, 2.75) is 13.8 Å². The normalized spacial score (nSPS) is 10.6. The number of nitrogens with zero attached hydrogens (tertiary/aromatic N) is 1. The molecule has 0 atom stereocenters. The van der Waals surface area contributed by atoms with Crippen LogP contribution in [0.5, 0.6) is 0 Å². The van der Waals surface area contributed by atoms with Gasteiger partial charge in [-0.05, 0) is 49.7 Å². The Hall–Kier alpha value is -1.98. The van der Waals surface area contributed by atoms with Crippen LogP contribution in [-0.4, -0.2) is 10.9 Å². The van der Waals surface area contributed by atoms with Crippen molar-refractivity contribution in [3.05, 3.63) is 68.5 Å². The Morgan fingerprint density at radius 2 is 1.87 bits per heavy atom. The van der Waals surface area contributed by atoms with Gasteiger partial charge in [0.2, 0.25) is 0 Å². The molecule has 0 aliphatic carbocycles. The number of benzene rings is 2. The maximum Gasteiger partial charge on any atom is 0.255 e. The van der Waals surface area contributed by atoms with E-state index in [2.05, 4.69) is 26.2 Å². The van der Waals surface area contributed by atoms with Crippen LogP contribution in [0.1, 0.15) is 20.9 Å². The zero-order valence-corrected chi connectivity index (χ0v) is 15.2. The van der Waals surface area contributed by atoms with Crippen LogP contribution in [0, 0.1) is 13.8 Å². The zero-order valence-electron chi connectivity index (χ0n) is 12.8. The third-order valence-electron chi connectivity index (χ3n) is 3.50. The predicted molar refractivity (Wildman–Crippen MR) is 99.1 cm³/mol. The number of amides is 1. The number of aryl methyl sites for hydroxylation is 2. The van der Waals surface area contributed by atoms with Crippen LogP contribution in [0.2, 0.25) is 0 Å². The first kappa shape index (κ1) is 15.9. The Balaban J connectivity index is 1.77. The zero-order chi connectivity index (χ0) is 16.4. The van der Waals surface area contributed by atoms with Gasteiger partial charge in [0, 0.05) is 26.7 Å². The van der Waals surface area contributed by atoms with E-state index in [0.717, 1.165) is 32.0 Å². The summed E-state index contributed by atoms with van der Waals surface area (Å²) in [6.07, 6.45) is 0. The molecule has 3 aromatic rings. The van der Waals surface area contributed by atoms with E-state index in [1.54, 1.807) is 11.3 Å². The maximum absolute atomic E-state index is 12.4. The molecule has 1 amide bonds. The minimum Gasteiger partial charge on any atom is -0.322 e. The van der Waals surface area contributed by atoms with E-state index >= 15 is 0 Å². The van der Waals surface area contributed by atoms with Gasteiger partial charge in [-0.1, -0.05) is 28.1 Å². The summed E-state index contributed by atoms with van der Waals surface area (Å²) < 4.78 is 0.996. The van der Waals surface area contributed by atoms with Crippen LogP contribution in [0.4, 0.5) is 5.69 Å². The topological polar surface area (TPSA) is 42.0 Å². The second-order valence-electron chi connectivity index (χ2n) is 5.24. The van der Waals surface area contributed by atoms with Crippen molar-refractivity contribution in [1.82, 2.24) is 4.98 Å². The van der Waals surface area contributed by atoms with E-state index < -0.39 is 0 Å². The van der Waals surface area contributed by atoms with Crippen molar-refractivity contribution in [2.75, 3.05) is 5.32 Å². The summed E-state index contributed by atoms with van der Waals surface area (Å²) in [6.45, 7) is 3.95. The summed E-state index contributed by atoms with van der Waals surface area (Å²) in [6, 6.07) is 13.3. The Morgan fingerprint density at radius 3 is 2.48 bits per heavy atom. The molecule has 23 heavy (non-hydrogen) atoms. The van der Waals surface area contributed by atoms with E-state index in [-0.39, 0.29) is 5.91 Å². The van der Waals surface area contributed by atoms with Gasteiger partial charge in [-0.2, -0.15) is 0 Å². The van der Waals surface area contributed by atoms with Crippen molar-refractivity contribution in [1.29, 1.82) is 0 Å². The lowest BCUT2D eigenvalue weighted by Crippen LogP contribution is -2.12. The first-order valence-corrected chi connectivity index (χ1v) is 8.80. The van der Waals surface area contributed by atoms with Gasteiger partial charge in [0.1, 0.15) is 0 Å². The number of anilines is 1. The van der Waals surface area contributed by atoms with Crippen molar-refractivity contribution in [3.63, 3.8) is 0 Å². The summed E-state index contributed by atoms with van der Waals surface area (Å²) in [5.41, 5.74) is 4.43. The first-order valence-electron chi connectivity index (χ1n) is 7.13. The van der Waals surface area contributed by atoms with Crippen LogP contribution >= 0.6 is 27.3 Å². The van der Waals surface area contributed by atoms with Gasteiger partial charge in [-0.25, -0.2) is 4.98 Å². The number of thiazole rings is 1. The number of hydrogen-bond donors (Lipinski definition) is 1. The summed E-state index contributed by atoms with van der Waals surface area (Å²) in [5.74, 6) is -0.114. The summed E-state index contributed by atoms with van der Waals surface area (Å²) in [4.78, 5) is 16.8. The van der Waals surface area contributed by atoms with Gasteiger partial charge >= 0.3 is 0 Å². The number of nitrogens with one attached hydrogen (secondary N) is 1. The molecule has 0 saturated carbocycles. The third-order valence-corrected chi connectivity index (χ3v) is 4.77. The molecule has 116 valence electrons. The van der Waals surface area contributed by atoms with Crippen molar-refractivity contribution >= 4 is 38.9 Å². The summed E-state index contributed by atoms with van der Waals surface area (Å²) in [7, 11) is 0. The third kappa shape index (κ3) is 3.68. The molecule has 5 heteroatoms. The molecule has 0 bridgehead atoms. The molecule has 0 aliphatic heterocycles. The predicted octanol–water partition coefficient (Wildman–Crippen LogP) is 5.44. The number of rotatable bonds is 3. The van der Waals surface area contributed by atoms with E-state index in [0.29, 0.717) is 5.56 Å². The molecule has 0 saturated heterocycles. The lowest BCUT2D eigenvalue weighted by molar-refractivity contribution is 0.102. The van der Waals surface area contributed by atoms with Crippen LogP contribution in [0.25, 0.3) is 11.3 Å². The average Bonchev–Trinajstić information content (AvgIpc) is 2.97. The Bertz CT molecular complexity index is 856. The number of halogens is 1. The number of carbonyl (C=O) groups excluding carboxylic acids is 1. The minimum absolute atomic E-state index is 0.114. The molecular formula is C18H15BrN2OS. The Morgan fingerprint density at radius 1 is 1.13 bits per heavy atom. The van der Waals surface area contributed by atoms with E-state index in [9.17, 15) is 4.79 Å². The SMILES string of the molecule is Cc1nc(-c2ccc(C(=O)Nc3ccc(Br)cc3C)cc2)cs1. The number of hydrogen-bond acceptors (Lipinski definition) is 3. The quantitative estimate of drug-likeness (QED) is 0.650. The summed E-state index contributed by atoms with van der Waals surface area (Å²) >= 11 is 5.04. The molecule has 3 nitrogen and oxygen atoms in total. The number of aromatic nitrogens is 1. The lowest BCUT2D eigenvalue weighted by Gasteiger charge is -2.09. The average molecular weight is 387 g/mol. The molecule has 0 unspecified atom stereocenters. The highest BCUT2D eigenvalue weighted by molar-refractivity contribution is 9.10. The molecule has 0 radical (unpaired) electrons. The van der Waals surface area contributed by atoms with Crippen LogP contribution in [0.3, 0.4) is 0 Å². The standard InChI is InChI=1S/C18H15BrN2OS/c1-11-9-15(19)7-8-16(11)21-18(22)14-5-3-13(4-6-14)17-10-23-12(2)20-17/h3-10H,1-2H3,(H,21,22). The smallest absolute Gasteiger partial charge is 0.255 e. The monoisotopic (exact) mass is 386 g/mol. The molecule has 2 aromatic carbocycles. The van der Waals surface area contributed by atoms with E-state index in [1.165, 1.54) is 0 Å². The fourth-order valence-electron chi connectivity index (χ4n) is 2.25. The van der Waals surface area contributed by atoms with Crippen LogP contribution < -0.4 is 5.32 Å². The lowest BCUT2D eigenvalue weighted by atomic mass is 10.1. The van der Waals surface area contributed by atoms with Gasteiger partial charge in [-0.3, -0.25) is 4.79 Å². The van der Waals surface area contributed by atoms with Gasteiger partial charge in [-0.15, -0.1) is 11.3 Å². The highest BCUT2D eigenvalue weighted by Crippen LogP contribution is 2.23. The van der Waals surface area contributed by atoms with Gasteiger partial charge in [0.25, 0.3) is 5.91 Å². The molecule has 1 N–H and O–H groups in total. The van der Waals surface area contributed by atoms with Crippen molar-refractivity contribution in [3.8, 4) is 11.3 Å². The fourth-order valence-corrected chi connectivity index (χ4v) is 3.35. The highest BCUT2D eigenvalue weighted by atomic mass is 79.9. The Labute approximate surface area is 147 Å². The number of carbonyl (C=O) groups is 1. The molecule has 0 aliphatic rings. The van der Waals surface area contributed by atoms with Crippen LogP contribution in [-0.2, 0) is 0 Å². The minimum atomic E-state index is -0.114. The van der Waals surface area contributed by atoms with Gasteiger partial charge < -0.3 is 5.32 Å². The van der Waals surface area contributed by atoms with Crippen LogP contribution in [0.15, 0.2) is 52.3 Å². The van der Waals surface area contributed by atoms with E-state index in [4.69, 9.17) is 0 Å². The Kier molecular flexibility index (Phi) is 4.59. The molecular weight excluding hydrogens is 372 g/mol. The molecule has 1 aromatic heterocycles. The maximum atomic E-state index is 12.4.